The molecule has 0 aliphatic heterocycles. The van der Waals surface area contributed by atoms with Crippen LogP contribution in [0.4, 0.5) is 5.00 Å². The SMILES string of the molecule is CCCCCCCCS(=O)(=O)ONc1ccc(C(=N)c2ccccc2C)s1. The van der Waals surface area contributed by atoms with Crippen LogP contribution in [0.25, 0.3) is 0 Å². The number of benzene rings is 1. The Labute approximate surface area is 166 Å². The smallest absolute Gasteiger partial charge is 0.287 e. The number of hydrogen-bond donors (Lipinski definition) is 2. The number of hydrogen-bond acceptors (Lipinski definition) is 6. The van der Waals surface area contributed by atoms with Gasteiger partial charge in [-0.3, -0.25) is 5.41 Å². The van der Waals surface area contributed by atoms with E-state index in [1.807, 2.05) is 31.2 Å². The van der Waals surface area contributed by atoms with Crippen molar-refractivity contribution < 1.29 is 12.7 Å². The van der Waals surface area contributed by atoms with Gasteiger partial charge in [0.05, 0.1) is 16.3 Å². The number of nitrogens with one attached hydrogen (secondary N) is 2. The topological polar surface area (TPSA) is 79.2 Å². The number of unbranched alkanes of at least 4 members (excludes halogenated alkanes) is 5. The first-order valence-electron chi connectivity index (χ1n) is 9.35. The lowest BCUT2D eigenvalue weighted by molar-refractivity contribution is 0.390. The standard InChI is InChI=1S/C20H28N2O3S2/c1-3-4-5-6-7-10-15-27(23,24)25-22-19-14-13-18(26-19)20(21)17-12-9-8-11-16(17)2/h8-9,11-14,21-22H,3-7,10,15H2,1-2H3. The molecule has 0 spiro atoms. The van der Waals surface area contributed by atoms with E-state index in [1.165, 1.54) is 24.2 Å². The summed E-state index contributed by atoms with van der Waals surface area (Å²) in [6.45, 7) is 4.12. The summed E-state index contributed by atoms with van der Waals surface area (Å²) in [5.74, 6) is 0.0172. The molecule has 2 N–H and O–H groups in total. The molecular weight excluding hydrogens is 380 g/mol. The average molecular weight is 409 g/mol. The van der Waals surface area contributed by atoms with Crippen LogP contribution in [0.5, 0.6) is 0 Å². The average Bonchev–Trinajstić information content (AvgIpc) is 3.12. The minimum Gasteiger partial charge on any atom is -0.299 e. The highest BCUT2D eigenvalue weighted by Crippen LogP contribution is 2.25. The van der Waals surface area contributed by atoms with E-state index >= 15 is 0 Å². The second kappa shape index (κ2) is 10.6. The highest BCUT2D eigenvalue weighted by molar-refractivity contribution is 7.86. The zero-order chi connectivity index (χ0) is 19.7. The summed E-state index contributed by atoms with van der Waals surface area (Å²) in [6, 6.07) is 11.2. The molecule has 7 heteroatoms. The zero-order valence-corrected chi connectivity index (χ0v) is 17.6. The summed E-state index contributed by atoms with van der Waals surface area (Å²) >= 11 is 1.30. The Morgan fingerprint density at radius 3 is 2.52 bits per heavy atom. The van der Waals surface area contributed by atoms with Crippen LogP contribution in [0.15, 0.2) is 36.4 Å². The molecule has 0 atom stereocenters. The van der Waals surface area contributed by atoms with Gasteiger partial charge in [-0.05, 0) is 31.0 Å². The van der Waals surface area contributed by atoms with Gasteiger partial charge in [0.15, 0.2) is 0 Å². The number of aryl methyl sites for hydroxylation is 1. The molecule has 0 unspecified atom stereocenters. The first kappa shape index (κ1) is 21.6. The number of rotatable bonds is 12. The minimum atomic E-state index is -3.60. The fourth-order valence-corrected chi connectivity index (χ4v) is 4.43. The van der Waals surface area contributed by atoms with Crippen LogP contribution in [0.3, 0.4) is 0 Å². The van der Waals surface area contributed by atoms with Gasteiger partial charge < -0.3 is 0 Å². The Morgan fingerprint density at radius 2 is 1.78 bits per heavy atom. The summed E-state index contributed by atoms with van der Waals surface area (Å²) in [7, 11) is -3.60. The van der Waals surface area contributed by atoms with Crippen molar-refractivity contribution >= 4 is 32.2 Å². The van der Waals surface area contributed by atoms with Gasteiger partial charge in [0.25, 0.3) is 10.1 Å². The first-order valence-corrected chi connectivity index (χ1v) is 11.7. The van der Waals surface area contributed by atoms with Gasteiger partial charge in [-0.15, -0.1) is 11.3 Å². The molecule has 0 fully saturated rings. The molecule has 27 heavy (non-hydrogen) atoms. The van der Waals surface area contributed by atoms with E-state index in [-0.39, 0.29) is 5.75 Å². The van der Waals surface area contributed by atoms with E-state index in [4.69, 9.17) is 9.69 Å². The van der Waals surface area contributed by atoms with Crippen molar-refractivity contribution in [3.63, 3.8) is 0 Å². The molecule has 0 saturated carbocycles. The summed E-state index contributed by atoms with van der Waals surface area (Å²) < 4.78 is 28.9. The van der Waals surface area contributed by atoms with E-state index in [0.717, 1.165) is 35.3 Å². The van der Waals surface area contributed by atoms with E-state index in [0.29, 0.717) is 17.1 Å². The maximum Gasteiger partial charge on any atom is 0.287 e. The predicted octanol–water partition coefficient (Wildman–Crippen LogP) is 5.51. The van der Waals surface area contributed by atoms with Crippen molar-refractivity contribution in [3.8, 4) is 0 Å². The summed E-state index contributed by atoms with van der Waals surface area (Å²) in [4.78, 5) is 0.753. The summed E-state index contributed by atoms with van der Waals surface area (Å²) in [6.07, 6.45) is 6.10. The van der Waals surface area contributed by atoms with Crippen LogP contribution < -0.4 is 5.48 Å². The molecule has 1 heterocycles. The molecule has 0 saturated heterocycles. The van der Waals surface area contributed by atoms with Gasteiger partial charge in [0.2, 0.25) is 0 Å². The van der Waals surface area contributed by atoms with Crippen molar-refractivity contribution in [3.05, 3.63) is 52.4 Å². The third-order valence-electron chi connectivity index (χ3n) is 4.28. The molecule has 0 bridgehead atoms. The fourth-order valence-electron chi connectivity index (χ4n) is 2.72. The fraction of sp³-hybridized carbons (Fsp3) is 0.450. The van der Waals surface area contributed by atoms with Crippen LogP contribution in [-0.2, 0) is 14.4 Å². The molecule has 0 radical (unpaired) electrons. The first-order chi connectivity index (χ1) is 12.9. The van der Waals surface area contributed by atoms with Gasteiger partial charge in [0.1, 0.15) is 5.00 Å². The van der Waals surface area contributed by atoms with Crippen molar-refractivity contribution in [2.75, 3.05) is 11.2 Å². The van der Waals surface area contributed by atoms with E-state index in [9.17, 15) is 8.42 Å². The summed E-state index contributed by atoms with van der Waals surface area (Å²) in [5.41, 5.74) is 4.83. The van der Waals surface area contributed by atoms with Crippen molar-refractivity contribution in [1.29, 1.82) is 5.41 Å². The molecule has 2 aromatic rings. The zero-order valence-electron chi connectivity index (χ0n) is 16.0. The molecule has 5 nitrogen and oxygen atoms in total. The van der Waals surface area contributed by atoms with Crippen LogP contribution >= 0.6 is 11.3 Å². The van der Waals surface area contributed by atoms with Gasteiger partial charge >= 0.3 is 0 Å². The maximum absolute atomic E-state index is 12.0. The minimum absolute atomic E-state index is 0.0172. The van der Waals surface area contributed by atoms with E-state index < -0.39 is 10.1 Å². The second-order valence-corrected chi connectivity index (χ2v) is 9.34. The van der Waals surface area contributed by atoms with Crippen LogP contribution in [0, 0.1) is 12.3 Å². The molecule has 0 amide bonds. The van der Waals surface area contributed by atoms with E-state index in [2.05, 4.69) is 12.4 Å². The number of anilines is 1. The van der Waals surface area contributed by atoms with Crippen LogP contribution in [-0.4, -0.2) is 19.9 Å². The Kier molecular flexibility index (Phi) is 8.47. The molecule has 2 rings (SSSR count). The van der Waals surface area contributed by atoms with Gasteiger partial charge in [0, 0.05) is 5.56 Å². The van der Waals surface area contributed by atoms with Gasteiger partial charge in [-0.25, -0.2) is 5.48 Å². The lowest BCUT2D eigenvalue weighted by atomic mass is 10.0. The molecule has 0 aliphatic rings. The molecular formula is C20H28N2O3S2. The molecule has 0 aliphatic carbocycles. The van der Waals surface area contributed by atoms with E-state index in [1.54, 1.807) is 12.1 Å². The highest BCUT2D eigenvalue weighted by Gasteiger charge is 2.14. The quantitative estimate of drug-likeness (QED) is 0.276. The monoisotopic (exact) mass is 408 g/mol. The van der Waals surface area contributed by atoms with Crippen molar-refractivity contribution in [2.24, 2.45) is 0 Å². The third-order valence-corrected chi connectivity index (χ3v) is 6.41. The molecule has 1 aromatic carbocycles. The Bertz CT molecular complexity index is 844. The normalized spacial score (nSPS) is 11.5. The summed E-state index contributed by atoms with van der Waals surface area (Å²) in [5, 5.41) is 8.93. The molecule has 148 valence electrons. The number of thiophene rings is 1. The van der Waals surface area contributed by atoms with Gasteiger partial charge in [-0.1, -0.05) is 63.3 Å². The van der Waals surface area contributed by atoms with Crippen molar-refractivity contribution in [1.82, 2.24) is 0 Å². The predicted molar refractivity (Wildman–Crippen MR) is 113 cm³/mol. The maximum atomic E-state index is 12.0. The Hall–Kier alpha value is -1.70. The highest BCUT2D eigenvalue weighted by atomic mass is 32.2. The van der Waals surface area contributed by atoms with Crippen molar-refractivity contribution in [2.45, 2.75) is 52.4 Å². The van der Waals surface area contributed by atoms with Crippen LogP contribution in [0.2, 0.25) is 0 Å². The van der Waals surface area contributed by atoms with Gasteiger partial charge in [-0.2, -0.15) is 12.7 Å². The third kappa shape index (κ3) is 7.08. The lowest BCUT2D eigenvalue weighted by Crippen LogP contribution is -2.14. The lowest BCUT2D eigenvalue weighted by Gasteiger charge is -2.06. The molecule has 1 aromatic heterocycles. The van der Waals surface area contributed by atoms with Crippen LogP contribution in [0.1, 0.15) is 61.5 Å². The Balaban J connectivity index is 1.83. The Morgan fingerprint density at radius 1 is 1.07 bits per heavy atom. The second-order valence-electron chi connectivity index (χ2n) is 6.57. The largest absolute Gasteiger partial charge is 0.299 e.